The zero-order valence-electron chi connectivity index (χ0n) is 12.1. The second-order valence-electron chi connectivity index (χ2n) is 5.60. The fourth-order valence-corrected chi connectivity index (χ4v) is 3.23. The van der Waals surface area contributed by atoms with Gasteiger partial charge in [-0.1, -0.05) is 12.1 Å². The van der Waals surface area contributed by atoms with Gasteiger partial charge >= 0.3 is 0 Å². The minimum absolute atomic E-state index is 0. The highest BCUT2D eigenvalue weighted by Crippen LogP contribution is 2.29. The van der Waals surface area contributed by atoms with E-state index < -0.39 is 0 Å². The molecule has 1 amide bonds. The molecule has 3 heterocycles. The van der Waals surface area contributed by atoms with Crippen LogP contribution in [0.3, 0.4) is 0 Å². The van der Waals surface area contributed by atoms with Crippen molar-refractivity contribution in [3.05, 3.63) is 24.3 Å². The SMILES string of the molecule is Cl.NC[C@H]1CC[C@@H](C(=O)N2CCn3c2nc2ccccc23)O1. The van der Waals surface area contributed by atoms with Crippen molar-refractivity contribution in [1.82, 2.24) is 9.55 Å². The van der Waals surface area contributed by atoms with Crippen LogP contribution in [0, 0.1) is 0 Å². The lowest BCUT2D eigenvalue weighted by molar-refractivity contribution is -0.129. The Bertz CT molecular complexity index is 702. The maximum Gasteiger partial charge on any atom is 0.258 e. The molecule has 2 N–H and O–H groups in total. The molecule has 0 radical (unpaired) electrons. The number of nitrogens with two attached hydrogens (primary N) is 1. The van der Waals surface area contributed by atoms with Crippen molar-refractivity contribution in [3.63, 3.8) is 0 Å². The zero-order chi connectivity index (χ0) is 14.4. The summed E-state index contributed by atoms with van der Waals surface area (Å²) in [6.45, 7) is 1.93. The monoisotopic (exact) mass is 322 g/mol. The van der Waals surface area contributed by atoms with E-state index in [0.29, 0.717) is 13.1 Å². The highest BCUT2D eigenvalue weighted by atomic mass is 35.5. The predicted octanol–water partition coefficient (Wildman–Crippen LogP) is 1.31. The van der Waals surface area contributed by atoms with Crippen LogP contribution in [0.4, 0.5) is 5.95 Å². The van der Waals surface area contributed by atoms with Crippen LogP contribution in [-0.2, 0) is 16.1 Å². The van der Waals surface area contributed by atoms with Crippen LogP contribution in [0.25, 0.3) is 11.0 Å². The Kier molecular flexibility index (Phi) is 4.08. The van der Waals surface area contributed by atoms with Crippen molar-refractivity contribution in [2.45, 2.75) is 31.6 Å². The molecule has 2 aliphatic rings. The zero-order valence-corrected chi connectivity index (χ0v) is 13.0. The minimum Gasteiger partial charge on any atom is -0.364 e. The molecule has 0 saturated carbocycles. The number of para-hydroxylation sites is 2. The van der Waals surface area contributed by atoms with Crippen LogP contribution in [0.15, 0.2) is 24.3 Å². The summed E-state index contributed by atoms with van der Waals surface area (Å²) >= 11 is 0. The third-order valence-electron chi connectivity index (χ3n) is 4.33. The van der Waals surface area contributed by atoms with Crippen LogP contribution in [0.1, 0.15) is 12.8 Å². The van der Waals surface area contributed by atoms with Gasteiger partial charge in [-0.25, -0.2) is 4.98 Å². The summed E-state index contributed by atoms with van der Waals surface area (Å²) in [7, 11) is 0. The maximum absolute atomic E-state index is 12.7. The van der Waals surface area contributed by atoms with E-state index in [1.165, 1.54) is 0 Å². The lowest BCUT2D eigenvalue weighted by Gasteiger charge is -2.18. The number of imidazole rings is 1. The Labute approximate surface area is 134 Å². The summed E-state index contributed by atoms with van der Waals surface area (Å²) in [6.07, 6.45) is 1.25. The molecule has 1 aromatic heterocycles. The van der Waals surface area contributed by atoms with Crippen molar-refractivity contribution in [1.29, 1.82) is 0 Å². The van der Waals surface area contributed by atoms with Crippen LogP contribution in [0.2, 0.25) is 0 Å². The van der Waals surface area contributed by atoms with E-state index in [0.717, 1.165) is 36.4 Å². The lowest BCUT2D eigenvalue weighted by Crippen LogP contribution is -2.39. The molecule has 1 fully saturated rings. The third kappa shape index (κ3) is 2.27. The number of benzene rings is 1. The molecule has 1 aromatic carbocycles. The molecule has 0 aliphatic carbocycles. The van der Waals surface area contributed by atoms with E-state index in [1.807, 2.05) is 24.3 Å². The lowest BCUT2D eigenvalue weighted by atomic mass is 10.2. The number of halogens is 1. The predicted molar refractivity (Wildman–Crippen MR) is 86.3 cm³/mol. The molecule has 0 unspecified atom stereocenters. The summed E-state index contributed by atoms with van der Waals surface area (Å²) in [6, 6.07) is 7.97. The standard InChI is InChI=1S/C15H18N4O2.ClH/c16-9-10-5-6-13(21-10)14(20)19-8-7-18-12-4-2-1-3-11(12)17-15(18)19;/h1-4,10,13H,5-9,16H2;1H/t10-,13+;/m1./s1. The Morgan fingerprint density at radius 2 is 2.14 bits per heavy atom. The molecule has 6 nitrogen and oxygen atoms in total. The van der Waals surface area contributed by atoms with E-state index >= 15 is 0 Å². The number of aromatic nitrogens is 2. The minimum atomic E-state index is -0.370. The molecule has 118 valence electrons. The molecule has 2 aromatic rings. The van der Waals surface area contributed by atoms with Crippen molar-refractivity contribution in [2.75, 3.05) is 18.0 Å². The number of carbonyl (C=O) groups is 1. The first-order valence-electron chi connectivity index (χ1n) is 7.40. The first-order chi connectivity index (χ1) is 10.3. The normalized spacial score (nSPS) is 23.6. The summed E-state index contributed by atoms with van der Waals surface area (Å²) in [5.74, 6) is 0.751. The largest absolute Gasteiger partial charge is 0.364 e. The molecule has 1 saturated heterocycles. The molecule has 22 heavy (non-hydrogen) atoms. The first-order valence-corrected chi connectivity index (χ1v) is 7.40. The molecular formula is C15H19ClN4O2. The van der Waals surface area contributed by atoms with E-state index in [1.54, 1.807) is 4.90 Å². The van der Waals surface area contributed by atoms with Gasteiger partial charge in [0.2, 0.25) is 5.95 Å². The van der Waals surface area contributed by atoms with Gasteiger partial charge in [0, 0.05) is 19.6 Å². The Morgan fingerprint density at radius 3 is 2.91 bits per heavy atom. The number of nitrogens with zero attached hydrogens (tertiary/aromatic N) is 3. The molecule has 0 bridgehead atoms. The Hall–Kier alpha value is -1.63. The Balaban J connectivity index is 0.00000144. The number of amides is 1. The van der Waals surface area contributed by atoms with Gasteiger partial charge in [-0.3, -0.25) is 9.69 Å². The topological polar surface area (TPSA) is 73.4 Å². The van der Waals surface area contributed by atoms with E-state index in [-0.39, 0.29) is 30.5 Å². The van der Waals surface area contributed by atoms with Gasteiger partial charge < -0.3 is 15.0 Å². The average molecular weight is 323 g/mol. The van der Waals surface area contributed by atoms with Crippen molar-refractivity contribution < 1.29 is 9.53 Å². The van der Waals surface area contributed by atoms with Gasteiger partial charge in [0.1, 0.15) is 6.10 Å². The van der Waals surface area contributed by atoms with E-state index in [4.69, 9.17) is 10.5 Å². The Morgan fingerprint density at radius 1 is 1.32 bits per heavy atom. The summed E-state index contributed by atoms with van der Waals surface area (Å²) in [4.78, 5) is 19.0. The van der Waals surface area contributed by atoms with Crippen LogP contribution >= 0.6 is 12.4 Å². The summed E-state index contributed by atoms with van der Waals surface area (Å²) in [5.41, 5.74) is 7.62. The van der Waals surface area contributed by atoms with Gasteiger partial charge in [0.25, 0.3) is 5.91 Å². The van der Waals surface area contributed by atoms with Gasteiger partial charge in [-0.05, 0) is 25.0 Å². The smallest absolute Gasteiger partial charge is 0.258 e. The fraction of sp³-hybridized carbons (Fsp3) is 0.467. The first kappa shape index (κ1) is 15.3. The highest BCUT2D eigenvalue weighted by molar-refractivity contribution is 5.97. The number of hydrogen-bond donors (Lipinski definition) is 1. The fourth-order valence-electron chi connectivity index (χ4n) is 3.23. The van der Waals surface area contributed by atoms with Crippen molar-refractivity contribution >= 4 is 35.3 Å². The van der Waals surface area contributed by atoms with Crippen molar-refractivity contribution in [2.24, 2.45) is 5.73 Å². The third-order valence-corrected chi connectivity index (χ3v) is 4.33. The molecule has 0 spiro atoms. The maximum atomic E-state index is 12.7. The number of ether oxygens (including phenoxy) is 1. The molecule has 2 atom stereocenters. The highest BCUT2D eigenvalue weighted by Gasteiger charge is 2.37. The van der Waals surface area contributed by atoms with Gasteiger partial charge in [-0.2, -0.15) is 0 Å². The van der Waals surface area contributed by atoms with E-state index in [9.17, 15) is 4.79 Å². The molecule has 7 heteroatoms. The second-order valence-corrected chi connectivity index (χ2v) is 5.60. The number of rotatable bonds is 2. The van der Waals surface area contributed by atoms with Crippen LogP contribution < -0.4 is 10.6 Å². The van der Waals surface area contributed by atoms with Gasteiger partial charge in [-0.15, -0.1) is 12.4 Å². The van der Waals surface area contributed by atoms with Crippen LogP contribution in [-0.4, -0.2) is 40.8 Å². The average Bonchev–Trinajstić information content (AvgIpc) is 3.21. The number of carbonyl (C=O) groups excluding carboxylic acids is 1. The number of fused-ring (bicyclic) bond motifs is 3. The molecule has 2 aliphatic heterocycles. The van der Waals surface area contributed by atoms with E-state index in [2.05, 4.69) is 9.55 Å². The number of hydrogen-bond acceptors (Lipinski definition) is 4. The number of anilines is 1. The molecular weight excluding hydrogens is 304 g/mol. The molecule has 4 rings (SSSR count). The van der Waals surface area contributed by atoms with Gasteiger partial charge in [0.15, 0.2) is 0 Å². The van der Waals surface area contributed by atoms with Gasteiger partial charge in [0.05, 0.1) is 17.1 Å². The van der Waals surface area contributed by atoms with Crippen molar-refractivity contribution in [3.8, 4) is 0 Å². The summed E-state index contributed by atoms with van der Waals surface area (Å²) < 4.78 is 7.82. The quantitative estimate of drug-likeness (QED) is 0.904. The second kappa shape index (κ2) is 5.87. The summed E-state index contributed by atoms with van der Waals surface area (Å²) in [5, 5.41) is 0. The van der Waals surface area contributed by atoms with Crippen LogP contribution in [0.5, 0.6) is 0 Å².